The number of aromatic nitrogens is 2. The molecule has 0 bridgehead atoms. The number of ether oxygens (including phenoxy) is 1. The van der Waals surface area contributed by atoms with Crippen molar-refractivity contribution >= 4 is 15.9 Å². The first kappa shape index (κ1) is 20.3. The summed E-state index contributed by atoms with van der Waals surface area (Å²) in [6.45, 7) is 2.56. The van der Waals surface area contributed by atoms with Gasteiger partial charge in [0.2, 0.25) is 0 Å². The van der Waals surface area contributed by atoms with Crippen LogP contribution in [0, 0.1) is 12.7 Å². The molecule has 1 amide bonds. The lowest BCUT2D eigenvalue weighted by Crippen LogP contribution is -2.39. The molecule has 1 fully saturated rings. The molecular formula is C18H23FN4O4S. The summed E-state index contributed by atoms with van der Waals surface area (Å²) in [5, 5.41) is 0.00941. The first-order valence-corrected chi connectivity index (χ1v) is 10.4. The largest absolute Gasteiger partial charge is 0.481 e. The summed E-state index contributed by atoms with van der Waals surface area (Å²) in [6.07, 6.45) is 1.98. The number of imidazole rings is 1. The van der Waals surface area contributed by atoms with E-state index in [-0.39, 0.29) is 36.4 Å². The number of rotatable bonds is 5. The van der Waals surface area contributed by atoms with Gasteiger partial charge in [-0.25, -0.2) is 17.8 Å². The third-order valence-corrected chi connectivity index (χ3v) is 6.46. The minimum atomic E-state index is -3.71. The molecular weight excluding hydrogens is 387 g/mol. The summed E-state index contributed by atoms with van der Waals surface area (Å²) in [4.78, 5) is 18.1. The fraction of sp³-hybridized carbons (Fsp3) is 0.444. The Morgan fingerprint density at radius 3 is 2.64 bits per heavy atom. The zero-order valence-electron chi connectivity index (χ0n) is 15.8. The fourth-order valence-electron chi connectivity index (χ4n) is 2.96. The Balaban J connectivity index is 1.61. The van der Waals surface area contributed by atoms with Crippen LogP contribution in [-0.2, 0) is 21.9 Å². The van der Waals surface area contributed by atoms with Gasteiger partial charge in [-0.3, -0.25) is 4.79 Å². The molecule has 0 radical (unpaired) electrons. The van der Waals surface area contributed by atoms with Gasteiger partial charge in [0.15, 0.2) is 23.2 Å². The van der Waals surface area contributed by atoms with Crippen molar-refractivity contribution in [2.24, 2.45) is 7.05 Å². The summed E-state index contributed by atoms with van der Waals surface area (Å²) < 4.78 is 47.5. The highest BCUT2D eigenvalue weighted by molar-refractivity contribution is 7.89. The first-order chi connectivity index (χ1) is 13.3. The van der Waals surface area contributed by atoms with Gasteiger partial charge in [0, 0.05) is 39.4 Å². The van der Waals surface area contributed by atoms with Crippen LogP contribution in [0.5, 0.6) is 5.75 Å². The molecule has 1 aliphatic heterocycles. The Hall–Kier alpha value is -2.46. The van der Waals surface area contributed by atoms with E-state index < -0.39 is 15.8 Å². The van der Waals surface area contributed by atoms with Crippen molar-refractivity contribution in [2.75, 3.05) is 32.8 Å². The van der Waals surface area contributed by atoms with Crippen LogP contribution < -0.4 is 4.74 Å². The Labute approximate surface area is 163 Å². The zero-order valence-corrected chi connectivity index (χ0v) is 16.7. The van der Waals surface area contributed by atoms with Crippen molar-refractivity contribution in [3.63, 3.8) is 0 Å². The van der Waals surface area contributed by atoms with Gasteiger partial charge >= 0.3 is 0 Å². The van der Waals surface area contributed by atoms with E-state index >= 15 is 0 Å². The maximum Gasteiger partial charge on any atom is 0.262 e. The molecule has 0 unspecified atom stereocenters. The molecule has 0 atom stereocenters. The first-order valence-electron chi connectivity index (χ1n) is 8.94. The number of hydrogen-bond donors (Lipinski definition) is 0. The van der Waals surface area contributed by atoms with Crippen molar-refractivity contribution in [3.05, 3.63) is 42.1 Å². The summed E-state index contributed by atoms with van der Waals surface area (Å²) in [6, 6.07) is 5.87. The molecule has 1 aliphatic rings. The van der Waals surface area contributed by atoms with E-state index in [0.29, 0.717) is 25.3 Å². The molecule has 0 aliphatic carbocycles. The molecule has 1 aromatic heterocycles. The number of halogens is 1. The van der Waals surface area contributed by atoms with E-state index in [1.54, 1.807) is 29.5 Å². The molecule has 3 rings (SSSR count). The van der Waals surface area contributed by atoms with Gasteiger partial charge in [0.25, 0.3) is 15.9 Å². The highest BCUT2D eigenvalue weighted by Crippen LogP contribution is 2.18. The standard InChI is InChI=1S/C18H23FN4O4S/c1-14-20-17(12-21(14)2)28(25,26)23-9-5-8-22(10-11-23)18(24)13-27-16-7-4-3-6-15(16)19/h3-4,6-7,12H,5,8-11,13H2,1-2H3. The Bertz CT molecular complexity index is 941. The molecule has 0 saturated carbocycles. The molecule has 152 valence electrons. The number of para-hydroxylation sites is 1. The second-order valence-corrected chi connectivity index (χ2v) is 8.48. The molecule has 1 saturated heterocycles. The Morgan fingerprint density at radius 2 is 1.96 bits per heavy atom. The summed E-state index contributed by atoms with van der Waals surface area (Å²) in [5.74, 6) is -0.221. The normalized spacial score (nSPS) is 16.0. The SMILES string of the molecule is Cc1nc(S(=O)(=O)N2CCCN(C(=O)COc3ccccc3F)CC2)cn1C. The van der Waals surface area contributed by atoms with E-state index in [4.69, 9.17) is 4.74 Å². The van der Waals surface area contributed by atoms with Crippen LogP contribution in [0.4, 0.5) is 4.39 Å². The van der Waals surface area contributed by atoms with E-state index in [2.05, 4.69) is 4.98 Å². The smallest absolute Gasteiger partial charge is 0.262 e. The number of nitrogens with zero attached hydrogens (tertiary/aromatic N) is 4. The lowest BCUT2D eigenvalue weighted by Gasteiger charge is -2.21. The highest BCUT2D eigenvalue weighted by atomic mass is 32.2. The number of amides is 1. The van der Waals surface area contributed by atoms with Crippen LogP contribution in [0.2, 0.25) is 0 Å². The van der Waals surface area contributed by atoms with Gasteiger partial charge in [0.1, 0.15) is 5.82 Å². The summed E-state index contributed by atoms with van der Waals surface area (Å²) in [5.41, 5.74) is 0. The van der Waals surface area contributed by atoms with Gasteiger partial charge < -0.3 is 14.2 Å². The maximum atomic E-state index is 13.6. The second kappa shape index (κ2) is 8.27. The predicted octanol–water partition coefficient (Wildman–Crippen LogP) is 1.17. The van der Waals surface area contributed by atoms with E-state index in [9.17, 15) is 17.6 Å². The van der Waals surface area contributed by atoms with Crippen LogP contribution in [0.1, 0.15) is 12.2 Å². The topological polar surface area (TPSA) is 84.7 Å². The molecule has 0 N–H and O–H groups in total. The lowest BCUT2D eigenvalue weighted by molar-refractivity contribution is -0.133. The molecule has 0 spiro atoms. The number of sulfonamides is 1. The van der Waals surface area contributed by atoms with Crippen molar-refractivity contribution in [1.29, 1.82) is 0 Å². The lowest BCUT2D eigenvalue weighted by atomic mass is 10.3. The number of benzene rings is 1. The average Bonchev–Trinajstić information content (AvgIpc) is 2.87. The maximum absolute atomic E-state index is 13.6. The summed E-state index contributed by atoms with van der Waals surface area (Å²) >= 11 is 0. The third-order valence-electron chi connectivity index (χ3n) is 4.69. The van der Waals surface area contributed by atoms with E-state index in [1.807, 2.05) is 0 Å². The number of carbonyl (C=O) groups excluding carboxylic acids is 1. The van der Waals surface area contributed by atoms with Crippen molar-refractivity contribution in [3.8, 4) is 5.75 Å². The quantitative estimate of drug-likeness (QED) is 0.739. The minimum absolute atomic E-state index is 0.00941. The van der Waals surface area contributed by atoms with Crippen LogP contribution in [0.3, 0.4) is 0 Å². The van der Waals surface area contributed by atoms with Crippen LogP contribution in [0.15, 0.2) is 35.5 Å². The Kier molecular flexibility index (Phi) is 5.99. The molecule has 28 heavy (non-hydrogen) atoms. The molecule has 8 nitrogen and oxygen atoms in total. The second-order valence-electron chi connectivity index (χ2n) is 6.59. The van der Waals surface area contributed by atoms with E-state index in [1.165, 1.54) is 28.7 Å². The zero-order chi connectivity index (χ0) is 20.3. The van der Waals surface area contributed by atoms with Gasteiger partial charge in [-0.1, -0.05) is 12.1 Å². The Morgan fingerprint density at radius 1 is 1.21 bits per heavy atom. The fourth-order valence-corrected chi connectivity index (χ4v) is 4.45. The summed E-state index contributed by atoms with van der Waals surface area (Å²) in [7, 11) is -1.98. The van der Waals surface area contributed by atoms with Crippen molar-refractivity contribution in [2.45, 2.75) is 18.4 Å². The predicted molar refractivity (Wildman–Crippen MR) is 99.8 cm³/mol. The average molecular weight is 410 g/mol. The minimum Gasteiger partial charge on any atom is -0.481 e. The monoisotopic (exact) mass is 410 g/mol. The van der Waals surface area contributed by atoms with Crippen molar-refractivity contribution in [1.82, 2.24) is 18.8 Å². The number of aryl methyl sites for hydroxylation is 2. The van der Waals surface area contributed by atoms with Gasteiger partial charge in [-0.15, -0.1) is 0 Å². The molecule has 2 heterocycles. The third kappa shape index (κ3) is 4.33. The number of hydrogen-bond acceptors (Lipinski definition) is 5. The van der Waals surface area contributed by atoms with Gasteiger partial charge in [-0.05, 0) is 25.5 Å². The van der Waals surface area contributed by atoms with Gasteiger partial charge in [0.05, 0.1) is 0 Å². The molecule has 2 aromatic rings. The van der Waals surface area contributed by atoms with Crippen LogP contribution >= 0.6 is 0 Å². The van der Waals surface area contributed by atoms with Crippen LogP contribution in [0.25, 0.3) is 0 Å². The van der Waals surface area contributed by atoms with E-state index in [0.717, 1.165) is 0 Å². The highest BCUT2D eigenvalue weighted by Gasteiger charge is 2.30. The molecule has 10 heteroatoms. The van der Waals surface area contributed by atoms with Crippen LogP contribution in [-0.4, -0.2) is 65.9 Å². The van der Waals surface area contributed by atoms with Gasteiger partial charge in [-0.2, -0.15) is 4.31 Å². The number of carbonyl (C=O) groups is 1. The molecule has 1 aromatic carbocycles. The van der Waals surface area contributed by atoms with Crippen molar-refractivity contribution < 1.29 is 22.3 Å².